The summed E-state index contributed by atoms with van der Waals surface area (Å²) in [6.07, 6.45) is 1.15. The molecule has 1 aromatic carbocycles. The Morgan fingerprint density at radius 1 is 1.25 bits per heavy atom. The lowest BCUT2D eigenvalue weighted by Gasteiger charge is -2.25. The van der Waals surface area contributed by atoms with Gasteiger partial charge in [0.2, 0.25) is 0 Å². The van der Waals surface area contributed by atoms with E-state index < -0.39 is 10.7 Å². The monoisotopic (exact) mass is 240 g/mol. The van der Waals surface area contributed by atoms with Crippen LogP contribution in [0.2, 0.25) is 0 Å². The van der Waals surface area contributed by atoms with Gasteiger partial charge in [0.05, 0.1) is 0 Å². The lowest BCUT2D eigenvalue weighted by molar-refractivity contribution is -0.140. The van der Waals surface area contributed by atoms with Gasteiger partial charge in [0.15, 0.2) is 0 Å². The Morgan fingerprint density at radius 2 is 1.75 bits per heavy atom. The fraction of sp³-hybridized carbons (Fsp3) is 0.417. The smallest absolute Gasteiger partial charge is 0.320 e. The van der Waals surface area contributed by atoms with E-state index in [9.17, 15) is 9.90 Å². The number of benzene rings is 1. The Morgan fingerprint density at radius 3 is 2.12 bits per heavy atom. The first-order valence-electron chi connectivity index (χ1n) is 5.25. The summed E-state index contributed by atoms with van der Waals surface area (Å²) < 4.78 is -0.767. The highest BCUT2D eigenvalue weighted by molar-refractivity contribution is 8.01. The van der Waals surface area contributed by atoms with Crippen molar-refractivity contribution in [3.8, 4) is 5.75 Å². The van der Waals surface area contributed by atoms with Crippen LogP contribution in [0.1, 0.15) is 26.7 Å². The highest BCUT2D eigenvalue weighted by Crippen LogP contribution is 2.38. The molecule has 0 spiro atoms. The van der Waals surface area contributed by atoms with Gasteiger partial charge in [0, 0.05) is 4.90 Å². The van der Waals surface area contributed by atoms with Crippen molar-refractivity contribution < 1.29 is 15.0 Å². The predicted molar refractivity (Wildman–Crippen MR) is 64.9 cm³/mol. The van der Waals surface area contributed by atoms with Crippen LogP contribution in [0, 0.1) is 0 Å². The highest BCUT2D eigenvalue weighted by atomic mass is 32.2. The van der Waals surface area contributed by atoms with Gasteiger partial charge >= 0.3 is 5.97 Å². The van der Waals surface area contributed by atoms with Crippen molar-refractivity contribution in [3.05, 3.63) is 24.3 Å². The van der Waals surface area contributed by atoms with Crippen molar-refractivity contribution in [2.45, 2.75) is 36.3 Å². The summed E-state index contributed by atoms with van der Waals surface area (Å²) in [5, 5.41) is 18.4. The summed E-state index contributed by atoms with van der Waals surface area (Å²) in [6.45, 7) is 3.76. The molecule has 1 aromatic rings. The van der Waals surface area contributed by atoms with Crippen molar-refractivity contribution in [3.63, 3.8) is 0 Å². The second-order valence-electron chi connectivity index (χ2n) is 3.60. The quantitative estimate of drug-likeness (QED) is 0.776. The lowest BCUT2D eigenvalue weighted by Crippen LogP contribution is -2.33. The minimum atomic E-state index is -0.782. The maximum atomic E-state index is 11.3. The third-order valence-electron chi connectivity index (χ3n) is 2.68. The summed E-state index contributed by atoms with van der Waals surface area (Å²) in [6, 6.07) is 6.62. The lowest BCUT2D eigenvalue weighted by atomic mass is 10.0. The van der Waals surface area contributed by atoms with E-state index in [0.29, 0.717) is 12.8 Å². The van der Waals surface area contributed by atoms with Crippen LogP contribution < -0.4 is 0 Å². The van der Waals surface area contributed by atoms with Crippen LogP contribution in [0.25, 0.3) is 0 Å². The van der Waals surface area contributed by atoms with E-state index in [1.807, 2.05) is 13.8 Å². The van der Waals surface area contributed by atoms with E-state index in [4.69, 9.17) is 5.11 Å². The molecule has 1 rings (SSSR count). The molecular formula is C12H16O3S. The molecule has 0 saturated carbocycles. The Hall–Kier alpha value is -1.16. The number of carbonyl (C=O) groups is 1. The number of carboxylic acids is 1. The molecule has 0 saturated heterocycles. The molecule has 0 radical (unpaired) electrons. The van der Waals surface area contributed by atoms with E-state index in [-0.39, 0.29) is 5.75 Å². The van der Waals surface area contributed by atoms with Crippen molar-refractivity contribution in [1.82, 2.24) is 0 Å². The third kappa shape index (κ3) is 2.70. The van der Waals surface area contributed by atoms with Gasteiger partial charge in [0.25, 0.3) is 0 Å². The van der Waals surface area contributed by atoms with Crippen LogP contribution in [0.15, 0.2) is 29.2 Å². The molecule has 0 aliphatic rings. The first-order chi connectivity index (χ1) is 7.54. The Kier molecular flexibility index (Phi) is 4.24. The SMILES string of the molecule is CCC(CC)(Sc1ccc(O)cc1)C(=O)O. The topological polar surface area (TPSA) is 57.5 Å². The second-order valence-corrected chi connectivity index (χ2v) is 5.06. The average Bonchev–Trinajstić information content (AvgIpc) is 2.28. The number of phenols is 1. The molecule has 16 heavy (non-hydrogen) atoms. The predicted octanol–water partition coefficient (Wildman–Crippen LogP) is 3.13. The molecule has 0 amide bonds. The van der Waals surface area contributed by atoms with E-state index >= 15 is 0 Å². The molecule has 2 N–H and O–H groups in total. The first kappa shape index (κ1) is 12.9. The minimum absolute atomic E-state index is 0.193. The number of phenolic OH excluding ortho intramolecular Hbond substituents is 1. The molecule has 0 bridgehead atoms. The average molecular weight is 240 g/mol. The Bertz CT molecular complexity index is 355. The molecule has 4 heteroatoms. The molecule has 0 aliphatic carbocycles. The minimum Gasteiger partial charge on any atom is -0.508 e. The second kappa shape index (κ2) is 5.25. The maximum Gasteiger partial charge on any atom is 0.320 e. The molecule has 88 valence electrons. The maximum absolute atomic E-state index is 11.3. The zero-order valence-electron chi connectivity index (χ0n) is 9.43. The van der Waals surface area contributed by atoms with Crippen molar-refractivity contribution >= 4 is 17.7 Å². The fourth-order valence-corrected chi connectivity index (χ4v) is 2.58. The third-order valence-corrected chi connectivity index (χ3v) is 4.33. The number of carboxylic acid groups (broad SMARTS) is 1. The van der Waals surface area contributed by atoms with Crippen LogP contribution in [-0.2, 0) is 4.79 Å². The summed E-state index contributed by atoms with van der Waals surface area (Å²) in [7, 11) is 0. The number of aromatic hydroxyl groups is 1. The molecule has 0 heterocycles. The van der Waals surface area contributed by atoms with Gasteiger partial charge < -0.3 is 10.2 Å². The Balaban J connectivity index is 2.91. The van der Waals surface area contributed by atoms with Gasteiger partial charge in [-0.15, -0.1) is 11.8 Å². The number of hydrogen-bond donors (Lipinski definition) is 2. The number of aliphatic carboxylic acids is 1. The van der Waals surface area contributed by atoms with Crippen LogP contribution in [0.5, 0.6) is 5.75 Å². The van der Waals surface area contributed by atoms with Crippen molar-refractivity contribution in [2.24, 2.45) is 0 Å². The summed E-state index contributed by atoms with van der Waals surface area (Å²) in [5.41, 5.74) is 0. The molecule has 0 atom stereocenters. The summed E-state index contributed by atoms with van der Waals surface area (Å²) >= 11 is 1.34. The molecule has 0 aromatic heterocycles. The van der Waals surface area contributed by atoms with Crippen LogP contribution in [0.3, 0.4) is 0 Å². The molecule has 0 fully saturated rings. The number of hydrogen-bond acceptors (Lipinski definition) is 3. The van der Waals surface area contributed by atoms with Gasteiger partial charge in [-0.1, -0.05) is 13.8 Å². The van der Waals surface area contributed by atoms with Gasteiger partial charge in [-0.2, -0.15) is 0 Å². The van der Waals surface area contributed by atoms with Gasteiger partial charge in [0.1, 0.15) is 10.5 Å². The fourth-order valence-electron chi connectivity index (χ4n) is 1.48. The van der Waals surface area contributed by atoms with Crippen LogP contribution in [0.4, 0.5) is 0 Å². The van der Waals surface area contributed by atoms with Gasteiger partial charge in [-0.05, 0) is 37.1 Å². The van der Waals surface area contributed by atoms with Crippen LogP contribution in [-0.4, -0.2) is 20.9 Å². The number of thioether (sulfide) groups is 1. The van der Waals surface area contributed by atoms with E-state index in [1.54, 1.807) is 24.3 Å². The first-order valence-corrected chi connectivity index (χ1v) is 6.07. The van der Waals surface area contributed by atoms with E-state index in [1.165, 1.54) is 11.8 Å². The number of rotatable bonds is 5. The normalized spacial score (nSPS) is 11.4. The summed E-state index contributed by atoms with van der Waals surface area (Å²) in [4.78, 5) is 12.1. The summed E-state index contributed by atoms with van der Waals surface area (Å²) in [5.74, 6) is -0.589. The zero-order chi connectivity index (χ0) is 12.2. The largest absolute Gasteiger partial charge is 0.508 e. The molecule has 0 aliphatic heterocycles. The zero-order valence-corrected chi connectivity index (χ0v) is 10.3. The van der Waals surface area contributed by atoms with Gasteiger partial charge in [-0.25, -0.2) is 0 Å². The highest BCUT2D eigenvalue weighted by Gasteiger charge is 2.35. The van der Waals surface area contributed by atoms with E-state index in [0.717, 1.165) is 4.90 Å². The standard InChI is InChI=1S/C12H16O3S/c1-3-12(4-2,11(14)15)16-10-7-5-9(13)6-8-10/h5-8,13H,3-4H2,1-2H3,(H,14,15). The Labute approximate surface area is 99.5 Å². The van der Waals surface area contributed by atoms with Crippen LogP contribution >= 0.6 is 11.8 Å². The molecular weight excluding hydrogens is 224 g/mol. The molecule has 0 unspecified atom stereocenters. The van der Waals surface area contributed by atoms with Crippen molar-refractivity contribution in [1.29, 1.82) is 0 Å². The van der Waals surface area contributed by atoms with Crippen molar-refractivity contribution in [2.75, 3.05) is 0 Å². The molecule has 3 nitrogen and oxygen atoms in total. The van der Waals surface area contributed by atoms with E-state index in [2.05, 4.69) is 0 Å². The van der Waals surface area contributed by atoms with Gasteiger partial charge in [-0.3, -0.25) is 4.79 Å².